The molecule has 1 N–H and O–H groups in total. The Labute approximate surface area is 132 Å². The van der Waals surface area contributed by atoms with E-state index in [-0.39, 0.29) is 10.0 Å². The molecular formula is C14H11BrF2IN. The second kappa shape index (κ2) is 6.28. The molecule has 0 saturated heterocycles. The molecule has 2 aromatic carbocycles. The molecule has 0 aromatic heterocycles. The Morgan fingerprint density at radius 2 is 1.95 bits per heavy atom. The summed E-state index contributed by atoms with van der Waals surface area (Å²) in [6.45, 7) is 0. The van der Waals surface area contributed by atoms with Gasteiger partial charge in [0.1, 0.15) is 11.6 Å². The molecule has 0 amide bonds. The first-order chi connectivity index (χ1) is 9.04. The lowest BCUT2D eigenvalue weighted by atomic mass is 9.98. The van der Waals surface area contributed by atoms with Crippen molar-refractivity contribution in [1.82, 2.24) is 5.32 Å². The zero-order valence-electron chi connectivity index (χ0n) is 10.1. The van der Waals surface area contributed by atoms with Gasteiger partial charge in [0.15, 0.2) is 0 Å². The smallest absolute Gasteiger partial charge is 0.145 e. The van der Waals surface area contributed by atoms with Crippen molar-refractivity contribution in [1.29, 1.82) is 0 Å². The molecule has 2 aromatic rings. The quantitative estimate of drug-likeness (QED) is 0.544. The fraction of sp³-hybridized carbons (Fsp3) is 0.143. The Bertz CT molecular complexity index is 604. The van der Waals surface area contributed by atoms with E-state index in [9.17, 15) is 8.78 Å². The van der Waals surface area contributed by atoms with Crippen LogP contribution in [0.2, 0.25) is 0 Å². The molecule has 1 atom stereocenters. The van der Waals surface area contributed by atoms with Crippen molar-refractivity contribution < 1.29 is 8.78 Å². The number of hydrogen-bond donors (Lipinski definition) is 1. The number of rotatable bonds is 3. The molecule has 100 valence electrons. The van der Waals surface area contributed by atoms with Crippen LogP contribution < -0.4 is 5.32 Å². The molecule has 0 radical (unpaired) electrons. The van der Waals surface area contributed by atoms with Crippen molar-refractivity contribution in [3.63, 3.8) is 0 Å². The van der Waals surface area contributed by atoms with E-state index in [1.807, 2.05) is 24.3 Å². The van der Waals surface area contributed by atoms with Gasteiger partial charge in [0.2, 0.25) is 0 Å². The summed E-state index contributed by atoms with van der Waals surface area (Å²) in [5.74, 6) is -1.13. The average molecular weight is 438 g/mol. The van der Waals surface area contributed by atoms with Crippen molar-refractivity contribution in [3.05, 3.63) is 67.2 Å². The summed E-state index contributed by atoms with van der Waals surface area (Å²) in [5.41, 5.74) is 0.851. The number of halogens is 4. The van der Waals surface area contributed by atoms with Gasteiger partial charge < -0.3 is 5.32 Å². The molecule has 0 aliphatic rings. The van der Waals surface area contributed by atoms with Gasteiger partial charge in [-0.3, -0.25) is 0 Å². The van der Waals surface area contributed by atoms with Gasteiger partial charge in [0, 0.05) is 9.13 Å². The molecule has 5 heteroatoms. The second-order valence-electron chi connectivity index (χ2n) is 4.03. The van der Waals surface area contributed by atoms with Crippen LogP contribution in [0.15, 0.2) is 40.9 Å². The lowest BCUT2D eigenvalue weighted by Gasteiger charge is -2.19. The summed E-state index contributed by atoms with van der Waals surface area (Å²) in [6, 6.07) is 9.67. The first-order valence-electron chi connectivity index (χ1n) is 5.60. The zero-order valence-corrected chi connectivity index (χ0v) is 13.8. The van der Waals surface area contributed by atoms with Gasteiger partial charge in [-0.25, -0.2) is 8.78 Å². The Hall–Kier alpha value is -0.530. The van der Waals surface area contributed by atoms with E-state index in [4.69, 9.17) is 0 Å². The van der Waals surface area contributed by atoms with E-state index in [1.54, 1.807) is 7.05 Å². The third-order valence-electron chi connectivity index (χ3n) is 2.84. The third kappa shape index (κ3) is 3.14. The minimum atomic E-state index is -0.571. The van der Waals surface area contributed by atoms with Gasteiger partial charge >= 0.3 is 0 Å². The zero-order chi connectivity index (χ0) is 14.0. The molecule has 0 bridgehead atoms. The topological polar surface area (TPSA) is 12.0 Å². The Morgan fingerprint density at radius 1 is 1.21 bits per heavy atom. The molecule has 0 spiro atoms. The molecule has 0 heterocycles. The highest BCUT2D eigenvalue weighted by Crippen LogP contribution is 2.31. The van der Waals surface area contributed by atoms with E-state index in [0.29, 0.717) is 0 Å². The Kier molecular flexibility index (Phi) is 4.92. The first-order valence-corrected chi connectivity index (χ1v) is 7.48. The van der Waals surface area contributed by atoms with Gasteiger partial charge in [0.25, 0.3) is 0 Å². The monoisotopic (exact) mass is 437 g/mol. The van der Waals surface area contributed by atoms with Crippen molar-refractivity contribution in [2.45, 2.75) is 6.04 Å². The summed E-state index contributed by atoms with van der Waals surface area (Å²) in [5, 5.41) is 2.97. The second-order valence-corrected chi connectivity index (χ2v) is 6.13. The molecule has 19 heavy (non-hydrogen) atoms. The van der Waals surface area contributed by atoms with Crippen LogP contribution in [0.25, 0.3) is 0 Å². The van der Waals surface area contributed by atoms with Crippen molar-refractivity contribution in [2.24, 2.45) is 0 Å². The summed E-state index contributed by atoms with van der Waals surface area (Å²) >= 11 is 5.27. The van der Waals surface area contributed by atoms with Gasteiger partial charge in [-0.2, -0.15) is 0 Å². The highest BCUT2D eigenvalue weighted by Gasteiger charge is 2.22. The third-order valence-corrected chi connectivity index (χ3v) is 4.12. The van der Waals surface area contributed by atoms with Crippen LogP contribution in [0.5, 0.6) is 0 Å². The fourth-order valence-corrected chi connectivity index (χ4v) is 2.88. The maximum absolute atomic E-state index is 14.2. The number of hydrogen-bond acceptors (Lipinski definition) is 1. The van der Waals surface area contributed by atoms with Crippen LogP contribution in [0.1, 0.15) is 17.2 Å². The minimum Gasteiger partial charge on any atom is -0.309 e. The Balaban J connectivity index is 2.57. The highest BCUT2D eigenvalue weighted by atomic mass is 127. The summed E-state index contributed by atoms with van der Waals surface area (Å²) in [7, 11) is 1.68. The fourth-order valence-electron chi connectivity index (χ4n) is 1.97. The molecule has 1 unspecified atom stereocenters. The molecule has 0 aliphatic heterocycles. The lowest BCUT2D eigenvalue weighted by Crippen LogP contribution is -2.20. The summed E-state index contributed by atoms with van der Waals surface area (Å²) in [4.78, 5) is 0. The van der Waals surface area contributed by atoms with Crippen LogP contribution in [-0.4, -0.2) is 7.05 Å². The van der Waals surface area contributed by atoms with Crippen molar-refractivity contribution in [3.8, 4) is 0 Å². The van der Waals surface area contributed by atoms with Gasteiger partial charge in [-0.1, -0.05) is 12.1 Å². The van der Waals surface area contributed by atoms with Gasteiger partial charge in [-0.15, -0.1) is 0 Å². The average Bonchev–Trinajstić information content (AvgIpc) is 2.39. The molecular weight excluding hydrogens is 427 g/mol. The van der Waals surface area contributed by atoms with Crippen LogP contribution >= 0.6 is 38.5 Å². The van der Waals surface area contributed by atoms with Crippen LogP contribution in [0.4, 0.5) is 8.78 Å². The molecule has 2 rings (SSSR count). The van der Waals surface area contributed by atoms with E-state index < -0.39 is 17.7 Å². The lowest BCUT2D eigenvalue weighted by molar-refractivity contribution is 0.518. The van der Waals surface area contributed by atoms with E-state index in [0.717, 1.165) is 9.13 Å². The van der Waals surface area contributed by atoms with Crippen LogP contribution in [0.3, 0.4) is 0 Å². The van der Waals surface area contributed by atoms with Crippen LogP contribution in [0, 0.1) is 15.2 Å². The molecule has 0 aliphatic carbocycles. The standard InChI is InChI=1S/C14H11BrF2IN/c1-19-14(8-3-2-4-9(18)7-8)12-11(16)6-5-10(15)13(12)17/h2-7,14,19H,1H3. The summed E-state index contributed by atoms with van der Waals surface area (Å²) in [6.07, 6.45) is 0. The highest BCUT2D eigenvalue weighted by molar-refractivity contribution is 14.1. The van der Waals surface area contributed by atoms with Crippen molar-refractivity contribution in [2.75, 3.05) is 7.05 Å². The maximum atomic E-state index is 14.2. The van der Waals surface area contributed by atoms with Gasteiger partial charge in [-0.05, 0) is 75.4 Å². The van der Waals surface area contributed by atoms with E-state index >= 15 is 0 Å². The van der Waals surface area contributed by atoms with Gasteiger partial charge in [0.05, 0.1) is 10.5 Å². The molecule has 0 fully saturated rings. The molecule has 0 saturated carbocycles. The number of nitrogens with one attached hydrogen (secondary N) is 1. The SMILES string of the molecule is CNC(c1cccc(I)c1)c1c(F)ccc(Br)c1F. The summed E-state index contributed by atoms with van der Waals surface area (Å²) < 4.78 is 29.4. The van der Waals surface area contributed by atoms with E-state index in [1.165, 1.54) is 12.1 Å². The maximum Gasteiger partial charge on any atom is 0.145 e. The minimum absolute atomic E-state index is 0.0267. The van der Waals surface area contributed by atoms with Crippen molar-refractivity contribution >= 4 is 38.5 Å². The normalized spacial score (nSPS) is 12.5. The van der Waals surface area contributed by atoms with E-state index in [2.05, 4.69) is 43.8 Å². The largest absolute Gasteiger partial charge is 0.309 e. The first kappa shape index (κ1) is 14.9. The van der Waals surface area contributed by atoms with Crippen LogP contribution in [-0.2, 0) is 0 Å². The Morgan fingerprint density at radius 3 is 2.58 bits per heavy atom. The predicted octanol–water partition coefficient (Wildman–Crippen LogP) is 4.64. The molecule has 1 nitrogen and oxygen atoms in total. The number of benzene rings is 2. The predicted molar refractivity (Wildman–Crippen MR) is 84.1 cm³/mol.